The van der Waals surface area contributed by atoms with Crippen molar-refractivity contribution in [3.63, 3.8) is 0 Å². The van der Waals surface area contributed by atoms with Crippen LogP contribution in [0.3, 0.4) is 0 Å². The van der Waals surface area contributed by atoms with Gasteiger partial charge in [0.2, 0.25) is 0 Å². The van der Waals surface area contributed by atoms with Crippen molar-refractivity contribution in [2.45, 2.75) is 57.1 Å². The van der Waals surface area contributed by atoms with E-state index in [1.165, 1.54) is 6.07 Å². The van der Waals surface area contributed by atoms with E-state index in [-0.39, 0.29) is 29.8 Å². The summed E-state index contributed by atoms with van der Waals surface area (Å²) in [6.07, 6.45) is 3.31. The minimum absolute atomic E-state index is 0.133. The number of para-hydroxylation sites is 1. The van der Waals surface area contributed by atoms with Gasteiger partial charge in [-0.15, -0.1) is 0 Å². The predicted octanol–water partition coefficient (Wildman–Crippen LogP) is 4.49. The Morgan fingerprint density at radius 2 is 1.83 bits per heavy atom. The number of aromatic carboxylic acids is 1. The first-order valence-electron chi connectivity index (χ1n) is 14.2. The van der Waals surface area contributed by atoms with Crippen LogP contribution in [0.25, 0.3) is 11.0 Å². The Labute approximate surface area is 237 Å². The minimum atomic E-state index is -0.940. The monoisotopic (exact) mass is 557 g/mol. The zero-order valence-corrected chi connectivity index (χ0v) is 22.7. The minimum Gasteiger partial charge on any atom is -0.484 e. The molecule has 10 heteroatoms. The maximum Gasteiger partial charge on any atom is 0.335 e. The molecule has 0 saturated carbocycles. The summed E-state index contributed by atoms with van der Waals surface area (Å²) in [6.45, 7) is 4.11. The van der Waals surface area contributed by atoms with E-state index in [9.17, 15) is 14.3 Å². The molecule has 1 N–H and O–H groups in total. The second kappa shape index (κ2) is 10.8. The number of carbonyl (C=O) groups is 1. The highest BCUT2D eigenvalue weighted by atomic mass is 19.1. The summed E-state index contributed by atoms with van der Waals surface area (Å²) in [6, 6.07) is 18.2. The third-order valence-electron chi connectivity index (χ3n) is 8.45. The van der Waals surface area contributed by atoms with Crippen LogP contribution in [0.15, 0.2) is 60.7 Å². The Morgan fingerprint density at radius 1 is 1.02 bits per heavy atom. The maximum atomic E-state index is 14.0. The number of carboxylic acid groups (broad SMARTS) is 1. The van der Waals surface area contributed by atoms with E-state index in [1.54, 1.807) is 36.4 Å². The van der Waals surface area contributed by atoms with Crippen LogP contribution in [0.2, 0.25) is 0 Å². The second-order valence-electron chi connectivity index (χ2n) is 11.1. The highest BCUT2D eigenvalue weighted by molar-refractivity contribution is 5.92. The summed E-state index contributed by atoms with van der Waals surface area (Å²) in [5, 5.41) is 9.54. The van der Waals surface area contributed by atoms with Gasteiger partial charge in [0.1, 0.15) is 18.2 Å². The zero-order chi connectivity index (χ0) is 27.9. The van der Waals surface area contributed by atoms with E-state index in [1.807, 2.05) is 18.2 Å². The fourth-order valence-electron chi connectivity index (χ4n) is 6.36. The summed E-state index contributed by atoms with van der Waals surface area (Å²) in [5.74, 6) is 0.778. The fourth-order valence-corrected chi connectivity index (χ4v) is 6.36. The largest absolute Gasteiger partial charge is 0.484 e. The highest BCUT2D eigenvalue weighted by Crippen LogP contribution is 2.35. The maximum absolute atomic E-state index is 14.0. The summed E-state index contributed by atoms with van der Waals surface area (Å²) >= 11 is 0. The van der Waals surface area contributed by atoms with Crippen molar-refractivity contribution in [2.24, 2.45) is 0 Å². The molecular weight excluding hydrogens is 525 g/mol. The molecule has 2 aromatic carbocycles. The molecule has 2 unspecified atom stereocenters. The van der Waals surface area contributed by atoms with Crippen LogP contribution in [-0.2, 0) is 24.4 Å². The van der Waals surface area contributed by atoms with Gasteiger partial charge in [-0.1, -0.05) is 18.2 Å². The SMILES string of the molecule is O=C(O)c1ccc2nc(CN3CC4CCC(C3)N4c3cccc(COc4ccccc4F)n3)n(C[C@@H]3CCO3)c2c1. The first-order valence-corrected chi connectivity index (χ1v) is 14.2. The van der Waals surface area contributed by atoms with Gasteiger partial charge < -0.3 is 24.0 Å². The number of rotatable bonds is 9. The zero-order valence-electron chi connectivity index (χ0n) is 22.7. The van der Waals surface area contributed by atoms with Crippen molar-refractivity contribution in [3.05, 3.63) is 83.6 Å². The molecular formula is C31H32FN5O4. The number of pyridine rings is 1. The molecule has 41 heavy (non-hydrogen) atoms. The molecule has 3 saturated heterocycles. The number of carboxylic acids is 1. The standard InChI is InChI=1S/C31H32FN5O4/c32-25-5-1-2-6-28(25)41-19-21-4-3-7-29(33-21)37-22-9-10-23(37)16-35(15-22)18-30-34-26-11-8-20(31(38)39)14-27(26)36(30)17-24-12-13-40-24/h1-8,11,14,22-24H,9-10,12-13,15-19H2,(H,38,39)/t22?,23?,24-/m0/s1. The number of hydrogen-bond acceptors (Lipinski definition) is 7. The molecule has 3 aliphatic heterocycles. The van der Waals surface area contributed by atoms with Gasteiger partial charge in [0.25, 0.3) is 0 Å². The lowest BCUT2D eigenvalue weighted by Crippen LogP contribution is -2.54. The summed E-state index contributed by atoms with van der Waals surface area (Å²) in [4.78, 5) is 26.4. The molecule has 0 radical (unpaired) electrons. The van der Waals surface area contributed by atoms with Gasteiger partial charge in [0.05, 0.1) is 41.5 Å². The van der Waals surface area contributed by atoms with Gasteiger partial charge in [-0.25, -0.2) is 19.2 Å². The Hall–Kier alpha value is -4.02. The lowest BCUT2D eigenvalue weighted by atomic mass is 10.1. The Balaban J connectivity index is 1.08. The lowest BCUT2D eigenvalue weighted by molar-refractivity contribution is -0.0592. The number of fused-ring (bicyclic) bond motifs is 3. The molecule has 2 aromatic heterocycles. The molecule has 2 bridgehead atoms. The first kappa shape index (κ1) is 25.9. The predicted molar refractivity (Wildman–Crippen MR) is 151 cm³/mol. The van der Waals surface area contributed by atoms with Crippen LogP contribution in [0.5, 0.6) is 5.75 Å². The molecule has 0 amide bonds. The van der Waals surface area contributed by atoms with Crippen molar-refractivity contribution < 1.29 is 23.8 Å². The van der Waals surface area contributed by atoms with Crippen molar-refractivity contribution in [2.75, 3.05) is 24.6 Å². The quantitative estimate of drug-likeness (QED) is 0.322. The molecule has 212 valence electrons. The van der Waals surface area contributed by atoms with Crippen molar-refractivity contribution in [1.82, 2.24) is 19.4 Å². The number of hydrogen-bond donors (Lipinski definition) is 1. The number of halogens is 1. The average molecular weight is 558 g/mol. The van der Waals surface area contributed by atoms with Gasteiger partial charge >= 0.3 is 5.97 Å². The Kier molecular flexibility index (Phi) is 6.80. The number of ether oxygens (including phenoxy) is 2. The molecule has 0 aliphatic carbocycles. The molecule has 3 aliphatic rings. The van der Waals surface area contributed by atoms with Gasteiger partial charge in [0.15, 0.2) is 11.6 Å². The van der Waals surface area contributed by atoms with Gasteiger partial charge in [-0.2, -0.15) is 0 Å². The molecule has 0 spiro atoms. The number of imidazole rings is 1. The third kappa shape index (κ3) is 5.13. The first-order chi connectivity index (χ1) is 20.0. The number of nitrogens with zero attached hydrogens (tertiary/aromatic N) is 5. The molecule has 3 atom stereocenters. The molecule has 7 rings (SSSR count). The average Bonchev–Trinajstić information content (AvgIpc) is 3.42. The van der Waals surface area contributed by atoms with Crippen LogP contribution in [0, 0.1) is 5.82 Å². The van der Waals surface area contributed by atoms with Crippen molar-refractivity contribution in [3.8, 4) is 5.75 Å². The summed E-state index contributed by atoms with van der Waals surface area (Å²) in [7, 11) is 0. The lowest BCUT2D eigenvalue weighted by Gasteiger charge is -2.42. The van der Waals surface area contributed by atoms with Crippen LogP contribution >= 0.6 is 0 Å². The number of benzene rings is 2. The van der Waals surface area contributed by atoms with Crippen molar-refractivity contribution >= 4 is 22.8 Å². The van der Waals surface area contributed by atoms with Gasteiger partial charge in [-0.3, -0.25) is 4.90 Å². The van der Waals surface area contributed by atoms with Gasteiger partial charge in [-0.05, 0) is 61.7 Å². The van der Waals surface area contributed by atoms with E-state index in [4.69, 9.17) is 19.4 Å². The third-order valence-corrected chi connectivity index (χ3v) is 8.45. The van der Waals surface area contributed by atoms with Crippen LogP contribution < -0.4 is 9.64 Å². The Morgan fingerprint density at radius 3 is 2.56 bits per heavy atom. The fraction of sp³-hybridized carbons (Fsp3) is 0.387. The molecule has 5 heterocycles. The van der Waals surface area contributed by atoms with Gasteiger partial charge in [0, 0.05) is 31.8 Å². The van der Waals surface area contributed by atoms with E-state index < -0.39 is 5.97 Å². The van der Waals surface area contributed by atoms with Crippen molar-refractivity contribution in [1.29, 1.82) is 0 Å². The van der Waals surface area contributed by atoms with E-state index in [0.29, 0.717) is 25.2 Å². The van der Waals surface area contributed by atoms with Crippen LogP contribution in [0.1, 0.15) is 41.1 Å². The normalized spacial score (nSPS) is 22.2. The number of aromatic nitrogens is 3. The summed E-state index contributed by atoms with van der Waals surface area (Å²) < 4.78 is 27.6. The topological polar surface area (TPSA) is 93.0 Å². The number of piperazine rings is 1. The van der Waals surface area contributed by atoms with E-state index in [2.05, 4.69) is 14.4 Å². The second-order valence-corrected chi connectivity index (χ2v) is 11.1. The molecule has 3 fully saturated rings. The number of likely N-dealkylation sites (tertiary alicyclic amines) is 1. The van der Waals surface area contributed by atoms with Crippen LogP contribution in [-0.4, -0.2) is 68.4 Å². The molecule has 4 aromatic rings. The highest BCUT2D eigenvalue weighted by Gasteiger charge is 2.41. The molecule has 9 nitrogen and oxygen atoms in total. The smallest absolute Gasteiger partial charge is 0.335 e. The number of anilines is 1. The Bertz CT molecular complexity index is 1570. The van der Waals surface area contributed by atoms with Crippen LogP contribution in [0.4, 0.5) is 10.2 Å². The summed E-state index contributed by atoms with van der Waals surface area (Å²) in [5.41, 5.74) is 2.68. The van der Waals surface area contributed by atoms with E-state index >= 15 is 0 Å². The van der Waals surface area contributed by atoms with E-state index in [0.717, 1.165) is 67.3 Å².